The first-order chi connectivity index (χ1) is 13.2. The lowest BCUT2D eigenvalue weighted by atomic mass is 10.2. The molecule has 0 bridgehead atoms. The molecule has 3 aromatic rings. The topological polar surface area (TPSA) is 42.4 Å². The lowest BCUT2D eigenvalue weighted by Gasteiger charge is -2.27. The maximum absolute atomic E-state index is 13.3. The molecule has 0 aliphatic carbocycles. The van der Waals surface area contributed by atoms with Gasteiger partial charge in [-0.15, -0.1) is 11.8 Å². The molecule has 1 atom stereocenters. The number of ether oxygens (including phenoxy) is 1. The maximum atomic E-state index is 13.3. The second kappa shape index (κ2) is 8.54. The summed E-state index contributed by atoms with van der Waals surface area (Å²) in [7, 11) is 1.66. The molecule has 140 valence electrons. The van der Waals surface area contributed by atoms with E-state index in [0.717, 1.165) is 43.9 Å². The van der Waals surface area contributed by atoms with Gasteiger partial charge in [-0.2, -0.15) is 11.8 Å². The van der Waals surface area contributed by atoms with E-state index in [0.29, 0.717) is 6.54 Å². The van der Waals surface area contributed by atoms with Gasteiger partial charge in [0.05, 0.1) is 29.1 Å². The van der Waals surface area contributed by atoms with Crippen LogP contribution < -0.4 is 9.64 Å². The number of nitrogens with zero attached hydrogens (tertiary/aromatic N) is 2. The van der Waals surface area contributed by atoms with Crippen molar-refractivity contribution in [3.05, 3.63) is 54.1 Å². The number of hydrogen-bond donors (Lipinski definition) is 0. The number of carbonyl (C=O) groups is 1. The summed E-state index contributed by atoms with van der Waals surface area (Å²) in [4.78, 5) is 19.9. The monoisotopic (exact) mass is 416 g/mol. The van der Waals surface area contributed by atoms with E-state index < -0.39 is 0 Å². The lowest BCUT2D eigenvalue weighted by Crippen LogP contribution is -2.39. The molecule has 1 aliphatic rings. The first kappa shape index (κ1) is 18.7. The molecule has 1 aliphatic heterocycles. The van der Waals surface area contributed by atoms with Crippen molar-refractivity contribution in [3.63, 3.8) is 0 Å². The van der Waals surface area contributed by atoms with Gasteiger partial charge in [0.25, 0.3) is 0 Å². The Balaban J connectivity index is 1.69. The molecule has 2 aromatic carbocycles. The van der Waals surface area contributed by atoms with Gasteiger partial charge in [0.15, 0.2) is 5.13 Å². The molecule has 4 nitrogen and oxygen atoms in total. The zero-order valence-corrected chi connectivity index (χ0v) is 17.4. The zero-order valence-electron chi connectivity index (χ0n) is 15.0. The van der Waals surface area contributed by atoms with Crippen LogP contribution in [0.4, 0.5) is 5.13 Å². The molecule has 1 saturated heterocycles. The molecule has 0 saturated carbocycles. The Hall–Kier alpha value is -1.70. The zero-order chi connectivity index (χ0) is 18.6. The molecule has 1 aromatic heterocycles. The number of amides is 1. The van der Waals surface area contributed by atoms with Crippen molar-refractivity contribution in [3.8, 4) is 5.75 Å². The number of fused-ring (bicyclic) bond motifs is 1. The fourth-order valence-electron chi connectivity index (χ4n) is 2.95. The largest absolute Gasteiger partial charge is 0.497 e. The lowest BCUT2D eigenvalue weighted by molar-refractivity contribution is -0.117. The minimum atomic E-state index is -0.00555. The number of thiazole rings is 1. The smallest absolute Gasteiger partial charge is 0.243 e. The third-order valence-corrected chi connectivity index (χ3v) is 8.14. The van der Waals surface area contributed by atoms with Gasteiger partial charge in [0.1, 0.15) is 5.75 Å². The Labute approximate surface area is 171 Å². The highest BCUT2D eigenvalue weighted by Crippen LogP contribution is 2.34. The number of thioether (sulfide) groups is 2. The predicted octanol–water partition coefficient (Wildman–Crippen LogP) is 4.69. The van der Waals surface area contributed by atoms with Crippen molar-refractivity contribution in [1.82, 2.24) is 4.98 Å². The fraction of sp³-hybridized carbons (Fsp3) is 0.300. The van der Waals surface area contributed by atoms with Crippen LogP contribution in [0.1, 0.15) is 5.56 Å². The molecule has 27 heavy (non-hydrogen) atoms. The van der Waals surface area contributed by atoms with Gasteiger partial charge < -0.3 is 4.74 Å². The summed E-state index contributed by atoms with van der Waals surface area (Å²) in [6.07, 6.45) is 0. The van der Waals surface area contributed by atoms with Gasteiger partial charge in [-0.3, -0.25) is 9.69 Å². The van der Waals surface area contributed by atoms with Crippen LogP contribution in [-0.2, 0) is 11.3 Å². The summed E-state index contributed by atoms with van der Waals surface area (Å²) in [5, 5.41) is 0.747. The van der Waals surface area contributed by atoms with Crippen molar-refractivity contribution in [2.75, 3.05) is 29.3 Å². The summed E-state index contributed by atoms with van der Waals surface area (Å²) in [6, 6.07) is 15.9. The molecule has 0 radical (unpaired) electrons. The van der Waals surface area contributed by atoms with Gasteiger partial charge in [0.2, 0.25) is 5.91 Å². The van der Waals surface area contributed by atoms with Gasteiger partial charge in [-0.05, 0) is 23.8 Å². The van der Waals surface area contributed by atoms with Crippen LogP contribution in [0.25, 0.3) is 10.2 Å². The quantitative estimate of drug-likeness (QED) is 0.604. The van der Waals surface area contributed by atoms with Crippen molar-refractivity contribution in [2.24, 2.45) is 0 Å². The van der Waals surface area contributed by atoms with E-state index in [2.05, 4.69) is 12.1 Å². The Morgan fingerprint density at radius 3 is 2.81 bits per heavy atom. The summed E-state index contributed by atoms with van der Waals surface area (Å²) in [5.41, 5.74) is 2.00. The van der Waals surface area contributed by atoms with Crippen LogP contribution in [0.5, 0.6) is 5.75 Å². The number of rotatable bonds is 5. The Morgan fingerprint density at radius 1 is 1.22 bits per heavy atom. The second-order valence-electron chi connectivity index (χ2n) is 6.17. The standard InChI is InChI=1S/C20H20N2O2S3/c1-24-15-7-8-16-17(11-15)27-20(21-16)22(12-14-5-3-2-4-6-14)19(23)18-13-25-9-10-26-18/h2-8,11,18H,9-10,12-13H2,1H3. The van der Waals surface area contributed by atoms with Crippen molar-refractivity contribution in [1.29, 1.82) is 0 Å². The van der Waals surface area contributed by atoms with Crippen molar-refractivity contribution < 1.29 is 9.53 Å². The Kier molecular flexibility index (Phi) is 5.90. The van der Waals surface area contributed by atoms with Crippen LogP contribution in [0.3, 0.4) is 0 Å². The van der Waals surface area contributed by atoms with E-state index in [-0.39, 0.29) is 11.2 Å². The van der Waals surface area contributed by atoms with E-state index >= 15 is 0 Å². The van der Waals surface area contributed by atoms with Crippen LogP contribution in [0.2, 0.25) is 0 Å². The SMILES string of the molecule is COc1ccc2nc(N(Cc3ccccc3)C(=O)C3CSCCS3)sc2c1. The van der Waals surface area contributed by atoms with Gasteiger partial charge in [-0.25, -0.2) is 4.98 Å². The highest BCUT2D eigenvalue weighted by atomic mass is 32.2. The van der Waals surface area contributed by atoms with Gasteiger partial charge in [0, 0.05) is 17.3 Å². The van der Waals surface area contributed by atoms with Gasteiger partial charge in [-0.1, -0.05) is 41.7 Å². The number of aromatic nitrogens is 1. The minimum Gasteiger partial charge on any atom is -0.497 e. The highest BCUT2D eigenvalue weighted by Gasteiger charge is 2.29. The number of methoxy groups -OCH3 is 1. The first-order valence-corrected chi connectivity index (χ1v) is 11.8. The molecule has 2 heterocycles. The molecule has 7 heteroatoms. The third-order valence-electron chi connectivity index (χ3n) is 4.36. The molecule has 1 fully saturated rings. The Bertz CT molecular complexity index is 923. The normalized spacial score (nSPS) is 17.0. The van der Waals surface area contributed by atoms with Crippen LogP contribution in [0, 0.1) is 0 Å². The highest BCUT2D eigenvalue weighted by molar-refractivity contribution is 8.07. The third kappa shape index (κ3) is 4.25. The molecular weight excluding hydrogens is 396 g/mol. The summed E-state index contributed by atoms with van der Waals surface area (Å²) in [5.74, 6) is 3.97. The predicted molar refractivity (Wildman–Crippen MR) is 117 cm³/mol. The second-order valence-corrected chi connectivity index (χ2v) is 9.64. The summed E-state index contributed by atoms with van der Waals surface area (Å²) in [6.45, 7) is 0.540. The molecule has 1 unspecified atom stereocenters. The van der Waals surface area contributed by atoms with Crippen molar-refractivity contribution in [2.45, 2.75) is 11.8 Å². The van der Waals surface area contributed by atoms with E-state index in [1.54, 1.807) is 30.2 Å². The number of anilines is 1. The fourth-order valence-corrected chi connectivity index (χ4v) is 6.55. The Morgan fingerprint density at radius 2 is 2.07 bits per heavy atom. The molecular formula is C20H20N2O2S3. The number of carbonyl (C=O) groups excluding carboxylic acids is 1. The average molecular weight is 417 g/mol. The number of benzene rings is 2. The van der Waals surface area contributed by atoms with Crippen LogP contribution >= 0.6 is 34.9 Å². The van der Waals surface area contributed by atoms with E-state index in [4.69, 9.17) is 9.72 Å². The van der Waals surface area contributed by atoms with Crippen LogP contribution in [-0.4, -0.2) is 40.5 Å². The van der Waals surface area contributed by atoms with Gasteiger partial charge >= 0.3 is 0 Å². The molecule has 0 spiro atoms. The first-order valence-electron chi connectivity index (χ1n) is 8.74. The molecule has 0 N–H and O–H groups in total. The van der Waals surface area contributed by atoms with E-state index in [1.807, 2.05) is 53.1 Å². The molecule has 4 rings (SSSR count). The summed E-state index contributed by atoms with van der Waals surface area (Å²) >= 11 is 5.17. The van der Waals surface area contributed by atoms with Crippen LogP contribution in [0.15, 0.2) is 48.5 Å². The van der Waals surface area contributed by atoms with Crippen molar-refractivity contribution >= 4 is 56.1 Å². The molecule has 1 amide bonds. The van der Waals surface area contributed by atoms with E-state index in [1.165, 1.54) is 0 Å². The van der Waals surface area contributed by atoms with E-state index in [9.17, 15) is 4.79 Å². The number of hydrogen-bond acceptors (Lipinski definition) is 6. The average Bonchev–Trinajstić information content (AvgIpc) is 3.15. The minimum absolute atomic E-state index is 0.00555. The maximum Gasteiger partial charge on any atom is 0.243 e. The summed E-state index contributed by atoms with van der Waals surface area (Å²) < 4.78 is 6.35.